The summed E-state index contributed by atoms with van der Waals surface area (Å²) < 4.78 is 17.1. The fraction of sp³-hybridized carbons (Fsp3) is 0.176. The molecular formula is C17H12BrN3O6. The molecule has 0 bridgehead atoms. The van der Waals surface area contributed by atoms with Gasteiger partial charge in [-0.25, -0.2) is 0 Å². The van der Waals surface area contributed by atoms with Crippen LogP contribution in [0.4, 0.5) is 5.69 Å². The summed E-state index contributed by atoms with van der Waals surface area (Å²) >= 11 is 3.37. The molecule has 0 fully saturated rings. The minimum atomic E-state index is -0.833. The molecule has 1 amide bonds. The Labute approximate surface area is 161 Å². The highest BCUT2D eigenvalue weighted by atomic mass is 79.9. The molecule has 2 aliphatic heterocycles. The number of nitro benzene ring substituents is 1. The van der Waals surface area contributed by atoms with E-state index < -0.39 is 11.2 Å². The molecular weight excluding hydrogens is 422 g/mol. The first-order valence-electron chi connectivity index (χ1n) is 7.83. The van der Waals surface area contributed by atoms with Crippen LogP contribution in [0, 0.1) is 10.1 Å². The van der Waals surface area contributed by atoms with E-state index in [0.29, 0.717) is 11.3 Å². The van der Waals surface area contributed by atoms with Crippen molar-refractivity contribution in [3.05, 3.63) is 62.1 Å². The molecule has 0 saturated carbocycles. The van der Waals surface area contributed by atoms with Gasteiger partial charge in [0.25, 0.3) is 5.69 Å². The Balaban J connectivity index is 1.78. The van der Waals surface area contributed by atoms with E-state index in [9.17, 15) is 14.9 Å². The second-order valence-corrected chi connectivity index (χ2v) is 6.69. The van der Waals surface area contributed by atoms with Crippen molar-refractivity contribution in [2.24, 2.45) is 5.10 Å². The highest BCUT2D eigenvalue weighted by molar-refractivity contribution is 9.10. The number of fused-ring (bicyclic) bond motifs is 1. The molecule has 0 saturated heterocycles. The molecule has 138 valence electrons. The van der Waals surface area contributed by atoms with Crippen LogP contribution >= 0.6 is 15.9 Å². The normalized spacial score (nSPS) is 17.5. The average molecular weight is 434 g/mol. The molecule has 10 heteroatoms. The first-order valence-corrected chi connectivity index (χ1v) is 8.62. The summed E-state index contributed by atoms with van der Waals surface area (Å²) in [6.45, 7) is 1.32. The number of hydrazone groups is 1. The summed E-state index contributed by atoms with van der Waals surface area (Å²) in [6.07, 6.45) is -0.833. The summed E-state index contributed by atoms with van der Waals surface area (Å²) in [7, 11) is 0. The van der Waals surface area contributed by atoms with Crippen LogP contribution in [-0.4, -0.2) is 28.5 Å². The number of halogens is 1. The van der Waals surface area contributed by atoms with Gasteiger partial charge in [0, 0.05) is 23.0 Å². The van der Waals surface area contributed by atoms with E-state index in [1.54, 1.807) is 18.2 Å². The smallest absolute Gasteiger partial charge is 0.286 e. The van der Waals surface area contributed by atoms with Crippen LogP contribution in [0.25, 0.3) is 0 Å². The summed E-state index contributed by atoms with van der Waals surface area (Å²) in [5.41, 5.74) is 0.520. The minimum absolute atomic E-state index is 0.0243. The number of amides is 1. The number of rotatable bonds is 3. The van der Waals surface area contributed by atoms with E-state index in [0.717, 1.165) is 9.48 Å². The molecule has 0 N–H and O–H groups in total. The van der Waals surface area contributed by atoms with E-state index in [-0.39, 0.29) is 35.6 Å². The minimum Gasteiger partial charge on any atom is -0.454 e. The van der Waals surface area contributed by atoms with Gasteiger partial charge in [-0.3, -0.25) is 14.9 Å². The Morgan fingerprint density at radius 2 is 2.04 bits per heavy atom. The topological polar surface area (TPSA) is 104 Å². The van der Waals surface area contributed by atoms with E-state index in [2.05, 4.69) is 21.0 Å². The Morgan fingerprint density at radius 1 is 1.30 bits per heavy atom. The number of ether oxygens (including phenoxy) is 3. The Kier molecular flexibility index (Phi) is 4.19. The summed E-state index contributed by atoms with van der Waals surface area (Å²) in [6, 6.07) is 9.88. The fourth-order valence-electron chi connectivity index (χ4n) is 2.81. The molecule has 4 rings (SSSR count). The molecule has 9 nitrogen and oxygen atoms in total. The van der Waals surface area contributed by atoms with Crippen LogP contribution in [0.5, 0.6) is 11.5 Å². The van der Waals surface area contributed by atoms with Gasteiger partial charge in [0.1, 0.15) is 5.56 Å². The maximum absolute atomic E-state index is 12.0. The van der Waals surface area contributed by atoms with Crippen molar-refractivity contribution in [1.82, 2.24) is 5.01 Å². The largest absolute Gasteiger partial charge is 0.454 e. The summed E-state index contributed by atoms with van der Waals surface area (Å²) in [5, 5.41) is 16.8. The van der Waals surface area contributed by atoms with Crippen LogP contribution in [0.1, 0.15) is 24.3 Å². The molecule has 0 aliphatic carbocycles. The lowest BCUT2D eigenvalue weighted by Crippen LogP contribution is -2.25. The van der Waals surface area contributed by atoms with Gasteiger partial charge < -0.3 is 14.2 Å². The lowest BCUT2D eigenvalue weighted by atomic mass is 10.1. The maximum Gasteiger partial charge on any atom is 0.286 e. The van der Waals surface area contributed by atoms with E-state index in [1.807, 2.05) is 6.07 Å². The molecule has 2 aromatic rings. The number of carbonyl (C=O) groups excluding carboxylic acids is 1. The molecule has 2 heterocycles. The third-order valence-corrected chi connectivity index (χ3v) is 4.51. The third-order valence-electron chi connectivity index (χ3n) is 4.02. The standard InChI is InChI=1S/C17H12BrN3O6/c1-9(22)20-17(10-3-2-4-11(18)5-10)27-16(19-20)12-6-14-15(26-8-25-14)7-13(12)21(23)24/h2-7,17H,8H2,1H3. The second-order valence-electron chi connectivity index (χ2n) is 5.77. The van der Waals surface area contributed by atoms with Crippen molar-refractivity contribution >= 4 is 33.4 Å². The zero-order valence-corrected chi connectivity index (χ0v) is 15.5. The van der Waals surface area contributed by atoms with Gasteiger partial charge >= 0.3 is 0 Å². The van der Waals surface area contributed by atoms with Crippen molar-refractivity contribution in [2.45, 2.75) is 13.2 Å². The summed E-state index contributed by atoms with van der Waals surface area (Å²) in [4.78, 5) is 23.0. The molecule has 0 aromatic heterocycles. The molecule has 2 aromatic carbocycles. The molecule has 1 atom stereocenters. The van der Waals surface area contributed by atoms with Crippen molar-refractivity contribution in [3.63, 3.8) is 0 Å². The molecule has 0 radical (unpaired) electrons. The second kappa shape index (κ2) is 6.54. The SMILES string of the molecule is CC(=O)N1N=C(c2cc3c(cc2[N+](=O)[O-])OCO3)OC1c1cccc(Br)c1. The van der Waals surface area contributed by atoms with Gasteiger partial charge in [-0.1, -0.05) is 28.1 Å². The number of nitro groups is 1. The van der Waals surface area contributed by atoms with Crippen molar-refractivity contribution < 1.29 is 23.9 Å². The van der Waals surface area contributed by atoms with Crippen LogP contribution in [0.15, 0.2) is 46.0 Å². The summed E-state index contributed by atoms with van der Waals surface area (Å²) in [5.74, 6) is 0.219. The third kappa shape index (κ3) is 3.08. The zero-order chi connectivity index (χ0) is 19.1. The van der Waals surface area contributed by atoms with E-state index in [1.165, 1.54) is 19.1 Å². The van der Waals surface area contributed by atoms with E-state index in [4.69, 9.17) is 14.2 Å². The number of carbonyl (C=O) groups is 1. The van der Waals surface area contributed by atoms with Crippen molar-refractivity contribution in [1.29, 1.82) is 0 Å². The first-order chi connectivity index (χ1) is 12.9. The van der Waals surface area contributed by atoms with Crippen molar-refractivity contribution in [3.8, 4) is 11.5 Å². The average Bonchev–Trinajstić information content (AvgIpc) is 3.27. The molecule has 1 unspecified atom stereocenters. The van der Waals surface area contributed by atoms with E-state index >= 15 is 0 Å². The van der Waals surface area contributed by atoms with Gasteiger partial charge in [-0.15, -0.1) is 5.10 Å². The van der Waals surface area contributed by atoms with Crippen LogP contribution in [0.2, 0.25) is 0 Å². The number of benzene rings is 2. The monoisotopic (exact) mass is 433 g/mol. The molecule has 2 aliphatic rings. The first kappa shape index (κ1) is 17.3. The van der Waals surface area contributed by atoms with Gasteiger partial charge in [0.05, 0.1) is 11.0 Å². The maximum atomic E-state index is 12.0. The Bertz CT molecular complexity index is 993. The molecule has 27 heavy (non-hydrogen) atoms. The zero-order valence-electron chi connectivity index (χ0n) is 13.9. The number of nitrogens with zero attached hydrogens (tertiary/aromatic N) is 3. The Hall–Kier alpha value is -3.14. The predicted molar refractivity (Wildman–Crippen MR) is 96.2 cm³/mol. The van der Waals surface area contributed by atoms with Gasteiger partial charge in [0.2, 0.25) is 24.8 Å². The highest BCUT2D eigenvalue weighted by Crippen LogP contribution is 2.40. The lowest BCUT2D eigenvalue weighted by molar-refractivity contribution is -0.385. The quantitative estimate of drug-likeness (QED) is 0.543. The predicted octanol–water partition coefficient (Wildman–Crippen LogP) is 3.33. The molecule has 0 spiro atoms. The van der Waals surface area contributed by atoms with Crippen LogP contribution in [-0.2, 0) is 9.53 Å². The number of hydrogen-bond acceptors (Lipinski definition) is 7. The lowest BCUT2D eigenvalue weighted by Gasteiger charge is -2.19. The van der Waals surface area contributed by atoms with Gasteiger partial charge in [0.15, 0.2) is 11.5 Å². The highest BCUT2D eigenvalue weighted by Gasteiger charge is 2.37. The van der Waals surface area contributed by atoms with Crippen molar-refractivity contribution in [2.75, 3.05) is 6.79 Å². The fourth-order valence-corrected chi connectivity index (χ4v) is 3.22. The van der Waals surface area contributed by atoms with Gasteiger partial charge in [-0.2, -0.15) is 5.01 Å². The van der Waals surface area contributed by atoms with Gasteiger partial charge in [-0.05, 0) is 12.1 Å². The van der Waals surface area contributed by atoms with Crippen LogP contribution in [0.3, 0.4) is 0 Å². The number of hydrogen-bond donors (Lipinski definition) is 0. The van der Waals surface area contributed by atoms with Crippen LogP contribution < -0.4 is 9.47 Å². The Morgan fingerprint density at radius 3 is 2.70 bits per heavy atom.